The zero-order chi connectivity index (χ0) is 16.7. The molecule has 1 aromatic heterocycles. The van der Waals surface area contributed by atoms with Crippen molar-refractivity contribution in [3.8, 4) is 0 Å². The van der Waals surface area contributed by atoms with E-state index in [9.17, 15) is 4.79 Å². The molecule has 0 radical (unpaired) electrons. The molecular formula is C17H25N5O. The van der Waals surface area contributed by atoms with Crippen molar-refractivity contribution in [2.45, 2.75) is 39.8 Å². The molecule has 0 spiro atoms. The van der Waals surface area contributed by atoms with E-state index in [1.807, 2.05) is 38.1 Å². The molecule has 6 nitrogen and oxygen atoms in total. The molecule has 0 unspecified atom stereocenters. The molecule has 1 heterocycles. The maximum atomic E-state index is 12.4. The van der Waals surface area contributed by atoms with E-state index in [2.05, 4.69) is 15.4 Å². The number of hydrogen-bond acceptors (Lipinski definition) is 4. The van der Waals surface area contributed by atoms with Crippen molar-refractivity contribution in [1.82, 2.24) is 20.1 Å². The molecule has 6 heteroatoms. The van der Waals surface area contributed by atoms with Crippen molar-refractivity contribution in [2.75, 3.05) is 6.54 Å². The number of benzene rings is 1. The minimum absolute atomic E-state index is 0.0386. The van der Waals surface area contributed by atoms with Gasteiger partial charge in [0.15, 0.2) is 0 Å². The fourth-order valence-corrected chi connectivity index (χ4v) is 2.59. The normalized spacial score (nSPS) is 11.4. The Kier molecular flexibility index (Phi) is 5.87. The summed E-state index contributed by atoms with van der Waals surface area (Å²) in [7, 11) is 0. The number of hydrogen-bond donors (Lipinski definition) is 2. The Morgan fingerprint density at radius 3 is 2.39 bits per heavy atom. The van der Waals surface area contributed by atoms with E-state index in [0.717, 1.165) is 24.0 Å². The Hall–Kier alpha value is -2.21. The average molecular weight is 315 g/mol. The molecule has 2 rings (SSSR count). The first-order valence-electron chi connectivity index (χ1n) is 8.02. The molecular weight excluding hydrogens is 290 g/mol. The zero-order valence-electron chi connectivity index (χ0n) is 13.8. The molecule has 0 bridgehead atoms. The summed E-state index contributed by atoms with van der Waals surface area (Å²) in [5.41, 5.74) is 7.57. The molecule has 0 saturated heterocycles. The fourth-order valence-electron chi connectivity index (χ4n) is 2.59. The van der Waals surface area contributed by atoms with Gasteiger partial charge in [-0.15, -0.1) is 0 Å². The van der Waals surface area contributed by atoms with Crippen LogP contribution in [-0.4, -0.2) is 27.2 Å². The van der Waals surface area contributed by atoms with Crippen LogP contribution in [0.2, 0.25) is 0 Å². The van der Waals surface area contributed by atoms with Crippen LogP contribution in [0.3, 0.4) is 0 Å². The molecule has 3 N–H and O–H groups in total. The van der Waals surface area contributed by atoms with Gasteiger partial charge in [0.05, 0.1) is 12.0 Å². The number of aromatic nitrogens is 3. The van der Waals surface area contributed by atoms with Crippen molar-refractivity contribution < 1.29 is 4.79 Å². The fraction of sp³-hybridized carbons (Fsp3) is 0.471. The summed E-state index contributed by atoms with van der Waals surface area (Å²) in [6.45, 7) is 5.60. The molecule has 1 amide bonds. The second kappa shape index (κ2) is 7.87. The SMILES string of the molecule is CCC(CC)(CN)C(=O)NCc1ccc(Cn2cncn2)cc1. The number of amides is 1. The minimum atomic E-state index is -0.451. The first-order chi connectivity index (χ1) is 11.1. The quantitative estimate of drug-likeness (QED) is 0.776. The summed E-state index contributed by atoms with van der Waals surface area (Å²) < 4.78 is 1.77. The van der Waals surface area contributed by atoms with Crippen LogP contribution in [0.25, 0.3) is 0 Å². The Balaban J connectivity index is 1.92. The van der Waals surface area contributed by atoms with E-state index in [4.69, 9.17) is 5.73 Å². The van der Waals surface area contributed by atoms with Gasteiger partial charge in [-0.3, -0.25) is 4.79 Å². The second-order valence-corrected chi connectivity index (χ2v) is 5.78. The Morgan fingerprint density at radius 1 is 1.22 bits per heavy atom. The van der Waals surface area contributed by atoms with Crippen LogP contribution >= 0.6 is 0 Å². The summed E-state index contributed by atoms with van der Waals surface area (Å²) in [4.78, 5) is 16.3. The third-order valence-corrected chi connectivity index (χ3v) is 4.51. The van der Waals surface area contributed by atoms with E-state index >= 15 is 0 Å². The van der Waals surface area contributed by atoms with Gasteiger partial charge in [-0.1, -0.05) is 38.1 Å². The van der Waals surface area contributed by atoms with E-state index in [-0.39, 0.29) is 5.91 Å². The highest BCUT2D eigenvalue weighted by molar-refractivity contribution is 5.82. The van der Waals surface area contributed by atoms with Crippen LogP contribution < -0.4 is 11.1 Å². The lowest BCUT2D eigenvalue weighted by Crippen LogP contribution is -2.45. The number of nitrogens with two attached hydrogens (primary N) is 1. The molecule has 0 aliphatic heterocycles. The minimum Gasteiger partial charge on any atom is -0.352 e. The summed E-state index contributed by atoms with van der Waals surface area (Å²) in [5, 5.41) is 7.10. The Morgan fingerprint density at radius 2 is 1.87 bits per heavy atom. The Bertz CT molecular complexity index is 594. The van der Waals surface area contributed by atoms with Gasteiger partial charge in [0.25, 0.3) is 0 Å². The molecule has 0 aliphatic rings. The van der Waals surface area contributed by atoms with Crippen LogP contribution in [0.4, 0.5) is 0 Å². The van der Waals surface area contributed by atoms with Gasteiger partial charge < -0.3 is 11.1 Å². The molecule has 1 aromatic carbocycles. The monoisotopic (exact) mass is 315 g/mol. The lowest BCUT2D eigenvalue weighted by atomic mass is 9.81. The predicted molar refractivity (Wildman–Crippen MR) is 89.5 cm³/mol. The van der Waals surface area contributed by atoms with Crippen LogP contribution in [0.15, 0.2) is 36.9 Å². The summed E-state index contributed by atoms with van der Waals surface area (Å²) in [6.07, 6.45) is 4.72. The average Bonchev–Trinajstić information content (AvgIpc) is 3.09. The molecule has 0 atom stereocenters. The van der Waals surface area contributed by atoms with Gasteiger partial charge in [0, 0.05) is 13.1 Å². The predicted octanol–water partition coefficient (Wildman–Crippen LogP) is 1.71. The van der Waals surface area contributed by atoms with Gasteiger partial charge in [0.2, 0.25) is 5.91 Å². The number of nitrogens with one attached hydrogen (secondary N) is 1. The highest BCUT2D eigenvalue weighted by Gasteiger charge is 2.32. The number of carbonyl (C=O) groups excluding carboxylic acids is 1. The van der Waals surface area contributed by atoms with Crippen molar-refractivity contribution in [3.05, 3.63) is 48.0 Å². The van der Waals surface area contributed by atoms with Crippen molar-refractivity contribution in [2.24, 2.45) is 11.1 Å². The van der Waals surface area contributed by atoms with Crippen LogP contribution in [0.1, 0.15) is 37.8 Å². The highest BCUT2D eigenvalue weighted by atomic mass is 16.2. The van der Waals surface area contributed by atoms with E-state index in [0.29, 0.717) is 19.6 Å². The summed E-state index contributed by atoms with van der Waals surface area (Å²) in [5.74, 6) is 0.0386. The van der Waals surface area contributed by atoms with Gasteiger partial charge in [-0.25, -0.2) is 9.67 Å². The van der Waals surface area contributed by atoms with Crippen molar-refractivity contribution in [3.63, 3.8) is 0 Å². The van der Waals surface area contributed by atoms with Crippen molar-refractivity contribution >= 4 is 5.91 Å². The lowest BCUT2D eigenvalue weighted by molar-refractivity contribution is -0.131. The zero-order valence-corrected chi connectivity index (χ0v) is 13.8. The van der Waals surface area contributed by atoms with Gasteiger partial charge in [-0.2, -0.15) is 5.10 Å². The lowest BCUT2D eigenvalue weighted by Gasteiger charge is -2.28. The smallest absolute Gasteiger partial charge is 0.227 e. The molecule has 2 aromatic rings. The van der Waals surface area contributed by atoms with Gasteiger partial charge >= 0.3 is 0 Å². The van der Waals surface area contributed by atoms with E-state index in [1.54, 1.807) is 11.0 Å². The maximum Gasteiger partial charge on any atom is 0.227 e. The van der Waals surface area contributed by atoms with Crippen LogP contribution in [0, 0.1) is 5.41 Å². The topological polar surface area (TPSA) is 85.8 Å². The molecule has 0 fully saturated rings. The Labute approximate surface area is 137 Å². The third kappa shape index (κ3) is 4.16. The first kappa shape index (κ1) is 17.1. The number of nitrogens with zero attached hydrogens (tertiary/aromatic N) is 3. The number of rotatable bonds is 8. The van der Waals surface area contributed by atoms with Crippen LogP contribution in [0.5, 0.6) is 0 Å². The first-order valence-corrected chi connectivity index (χ1v) is 8.02. The molecule has 23 heavy (non-hydrogen) atoms. The van der Waals surface area contributed by atoms with E-state index < -0.39 is 5.41 Å². The maximum absolute atomic E-state index is 12.4. The van der Waals surface area contributed by atoms with Gasteiger partial charge in [0.1, 0.15) is 12.7 Å². The largest absolute Gasteiger partial charge is 0.352 e. The summed E-state index contributed by atoms with van der Waals surface area (Å²) in [6, 6.07) is 8.13. The summed E-state index contributed by atoms with van der Waals surface area (Å²) >= 11 is 0. The molecule has 124 valence electrons. The third-order valence-electron chi connectivity index (χ3n) is 4.51. The molecule has 0 saturated carbocycles. The van der Waals surface area contributed by atoms with E-state index in [1.165, 1.54) is 6.33 Å². The standard InChI is InChI=1S/C17H25N5O/c1-3-17(4-2,11-18)16(23)20-9-14-5-7-15(8-6-14)10-22-13-19-12-21-22/h5-8,12-13H,3-4,9-11,18H2,1-2H3,(H,20,23). The highest BCUT2D eigenvalue weighted by Crippen LogP contribution is 2.25. The van der Waals surface area contributed by atoms with Gasteiger partial charge in [-0.05, 0) is 24.0 Å². The van der Waals surface area contributed by atoms with Crippen LogP contribution in [-0.2, 0) is 17.9 Å². The second-order valence-electron chi connectivity index (χ2n) is 5.78. The molecule has 0 aliphatic carbocycles. The number of carbonyl (C=O) groups is 1. The van der Waals surface area contributed by atoms with Crippen molar-refractivity contribution in [1.29, 1.82) is 0 Å².